The Balaban J connectivity index is 2.77. The van der Waals surface area contributed by atoms with Crippen molar-refractivity contribution < 1.29 is 15.0 Å². The highest BCUT2D eigenvalue weighted by Crippen LogP contribution is 2.26. The fraction of sp³-hybridized carbons (Fsp3) is 0.889. The fourth-order valence-corrected chi connectivity index (χ4v) is 2.07. The Morgan fingerprint density at radius 1 is 1.62 bits per heavy atom. The lowest BCUT2D eigenvalue weighted by molar-refractivity contribution is -0.133. The minimum Gasteiger partial charge on any atom is -0.394 e. The molecule has 0 aromatic rings. The molecular weight excluding hydrogens is 170 g/mol. The zero-order valence-electron chi connectivity index (χ0n) is 8.10. The normalized spacial score (nSPS) is 33.8. The van der Waals surface area contributed by atoms with Crippen molar-refractivity contribution in [2.24, 2.45) is 0 Å². The standard InChI is InChI=1S/C9H17NO3/c1-3-7-4-9(13)8(5-11)10(7)6(2)12/h7-9,11,13H,3-5H2,1-2H3/t7-,8-,9+/m0/s1. The summed E-state index contributed by atoms with van der Waals surface area (Å²) < 4.78 is 0. The van der Waals surface area contributed by atoms with Gasteiger partial charge in [0.2, 0.25) is 5.91 Å². The molecule has 1 amide bonds. The Morgan fingerprint density at radius 2 is 2.23 bits per heavy atom. The number of nitrogens with zero attached hydrogens (tertiary/aromatic N) is 1. The van der Waals surface area contributed by atoms with Gasteiger partial charge in [0.15, 0.2) is 0 Å². The van der Waals surface area contributed by atoms with Gasteiger partial charge < -0.3 is 15.1 Å². The highest BCUT2D eigenvalue weighted by atomic mass is 16.3. The molecule has 0 saturated carbocycles. The molecule has 1 saturated heterocycles. The number of likely N-dealkylation sites (tertiary alicyclic amines) is 1. The van der Waals surface area contributed by atoms with Crippen molar-refractivity contribution in [3.8, 4) is 0 Å². The van der Waals surface area contributed by atoms with Crippen molar-refractivity contribution in [3.05, 3.63) is 0 Å². The quantitative estimate of drug-likeness (QED) is 0.626. The predicted molar refractivity (Wildman–Crippen MR) is 48.1 cm³/mol. The third-order valence-electron chi connectivity index (χ3n) is 2.73. The van der Waals surface area contributed by atoms with Crippen LogP contribution in [0.5, 0.6) is 0 Å². The molecule has 3 atom stereocenters. The first-order chi connectivity index (χ1) is 6.11. The van der Waals surface area contributed by atoms with Gasteiger partial charge in [-0.15, -0.1) is 0 Å². The van der Waals surface area contributed by atoms with E-state index in [9.17, 15) is 9.90 Å². The molecule has 2 N–H and O–H groups in total. The van der Waals surface area contributed by atoms with E-state index in [0.29, 0.717) is 6.42 Å². The molecule has 1 heterocycles. The van der Waals surface area contributed by atoms with E-state index in [0.717, 1.165) is 6.42 Å². The first-order valence-electron chi connectivity index (χ1n) is 4.69. The van der Waals surface area contributed by atoms with Gasteiger partial charge in [-0.25, -0.2) is 0 Å². The lowest BCUT2D eigenvalue weighted by atomic mass is 10.1. The van der Waals surface area contributed by atoms with E-state index in [1.54, 1.807) is 4.90 Å². The average Bonchev–Trinajstić information content (AvgIpc) is 2.41. The SMILES string of the molecule is CC[C@H]1C[C@@H](O)[C@H](CO)N1C(C)=O. The zero-order valence-corrected chi connectivity index (χ0v) is 8.10. The molecule has 4 heteroatoms. The number of carbonyl (C=O) groups excluding carboxylic acids is 1. The Morgan fingerprint density at radius 3 is 2.62 bits per heavy atom. The number of rotatable bonds is 2. The second-order valence-electron chi connectivity index (χ2n) is 3.54. The van der Waals surface area contributed by atoms with E-state index in [1.807, 2.05) is 6.92 Å². The summed E-state index contributed by atoms with van der Waals surface area (Å²) in [5.41, 5.74) is 0. The van der Waals surface area contributed by atoms with E-state index in [-0.39, 0.29) is 18.6 Å². The predicted octanol–water partition coefficient (Wildman–Crippen LogP) is -0.261. The smallest absolute Gasteiger partial charge is 0.220 e. The summed E-state index contributed by atoms with van der Waals surface area (Å²) in [6.07, 6.45) is 0.841. The fourth-order valence-electron chi connectivity index (χ4n) is 2.07. The molecule has 0 unspecified atom stereocenters. The number of hydrogen-bond donors (Lipinski definition) is 2. The molecule has 0 aromatic heterocycles. The molecule has 1 fully saturated rings. The Kier molecular flexibility index (Phi) is 3.27. The summed E-state index contributed by atoms with van der Waals surface area (Å²) in [5, 5.41) is 18.6. The first-order valence-corrected chi connectivity index (χ1v) is 4.69. The van der Waals surface area contributed by atoms with Gasteiger partial charge in [0.1, 0.15) is 0 Å². The van der Waals surface area contributed by atoms with Gasteiger partial charge in [0.05, 0.1) is 18.8 Å². The van der Waals surface area contributed by atoms with Crippen LogP contribution in [0, 0.1) is 0 Å². The molecule has 0 aliphatic carbocycles. The van der Waals surface area contributed by atoms with Crippen molar-refractivity contribution in [3.63, 3.8) is 0 Å². The highest BCUT2D eigenvalue weighted by molar-refractivity contribution is 5.74. The third kappa shape index (κ3) is 1.84. The minimum absolute atomic E-state index is 0.0672. The Labute approximate surface area is 78.2 Å². The average molecular weight is 187 g/mol. The first kappa shape index (κ1) is 10.5. The van der Waals surface area contributed by atoms with Gasteiger partial charge in [-0.2, -0.15) is 0 Å². The molecule has 0 bridgehead atoms. The minimum atomic E-state index is -0.571. The molecule has 0 radical (unpaired) electrons. The monoisotopic (exact) mass is 187 g/mol. The van der Waals surface area contributed by atoms with Crippen molar-refractivity contribution in [2.45, 2.75) is 44.9 Å². The molecule has 4 nitrogen and oxygen atoms in total. The van der Waals surface area contributed by atoms with Gasteiger partial charge in [0.25, 0.3) is 0 Å². The zero-order chi connectivity index (χ0) is 10.0. The maximum absolute atomic E-state index is 11.2. The molecule has 1 aliphatic rings. The number of amides is 1. The van der Waals surface area contributed by atoms with Crippen molar-refractivity contribution in [1.82, 2.24) is 4.90 Å². The van der Waals surface area contributed by atoms with Crippen LogP contribution in [0.3, 0.4) is 0 Å². The van der Waals surface area contributed by atoms with E-state index in [1.165, 1.54) is 6.92 Å². The van der Waals surface area contributed by atoms with Crippen LogP contribution in [0.1, 0.15) is 26.7 Å². The summed E-state index contributed by atoms with van der Waals surface area (Å²) in [4.78, 5) is 12.8. The lowest BCUT2D eigenvalue weighted by Gasteiger charge is -2.27. The van der Waals surface area contributed by atoms with Gasteiger partial charge in [-0.3, -0.25) is 4.79 Å². The number of aliphatic hydroxyl groups is 2. The van der Waals surface area contributed by atoms with Crippen LogP contribution in [0.15, 0.2) is 0 Å². The molecule has 13 heavy (non-hydrogen) atoms. The van der Waals surface area contributed by atoms with Gasteiger partial charge in [-0.05, 0) is 12.8 Å². The second kappa shape index (κ2) is 4.07. The maximum Gasteiger partial charge on any atom is 0.220 e. The summed E-state index contributed by atoms with van der Waals surface area (Å²) in [7, 11) is 0. The lowest BCUT2D eigenvalue weighted by Crippen LogP contribution is -2.44. The molecular formula is C9H17NO3. The van der Waals surface area contributed by atoms with Crippen LogP contribution in [0.25, 0.3) is 0 Å². The largest absolute Gasteiger partial charge is 0.394 e. The topological polar surface area (TPSA) is 60.8 Å². The molecule has 1 rings (SSSR count). The Hall–Kier alpha value is -0.610. The Bertz CT molecular complexity index is 195. The van der Waals surface area contributed by atoms with Gasteiger partial charge >= 0.3 is 0 Å². The van der Waals surface area contributed by atoms with E-state index in [4.69, 9.17) is 5.11 Å². The summed E-state index contributed by atoms with van der Waals surface area (Å²) >= 11 is 0. The summed E-state index contributed by atoms with van der Waals surface area (Å²) in [6.45, 7) is 3.30. The van der Waals surface area contributed by atoms with Gasteiger partial charge in [-0.1, -0.05) is 6.92 Å². The molecule has 76 valence electrons. The second-order valence-corrected chi connectivity index (χ2v) is 3.54. The van der Waals surface area contributed by atoms with Crippen LogP contribution in [0.4, 0.5) is 0 Å². The van der Waals surface area contributed by atoms with Crippen molar-refractivity contribution in [1.29, 1.82) is 0 Å². The highest BCUT2D eigenvalue weighted by Gasteiger charge is 2.40. The van der Waals surface area contributed by atoms with E-state index < -0.39 is 12.1 Å². The van der Waals surface area contributed by atoms with E-state index in [2.05, 4.69) is 0 Å². The summed E-state index contributed by atoms with van der Waals surface area (Å²) in [6, 6.07) is -0.313. The van der Waals surface area contributed by atoms with Crippen LogP contribution in [0.2, 0.25) is 0 Å². The number of hydrogen-bond acceptors (Lipinski definition) is 3. The molecule has 0 aromatic carbocycles. The van der Waals surface area contributed by atoms with Crippen LogP contribution in [-0.2, 0) is 4.79 Å². The van der Waals surface area contributed by atoms with Crippen LogP contribution in [-0.4, -0.2) is 45.8 Å². The molecule has 0 spiro atoms. The van der Waals surface area contributed by atoms with Crippen LogP contribution >= 0.6 is 0 Å². The number of aliphatic hydroxyl groups excluding tert-OH is 2. The van der Waals surface area contributed by atoms with Crippen LogP contribution < -0.4 is 0 Å². The third-order valence-corrected chi connectivity index (χ3v) is 2.73. The van der Waals surface area contributed by atoms with Crippen molar-refractivity contribution >= 4 is 5.91 Å². The maximum atomic E-state index is 11.2. The summed E-state index contributed by atoms with van der Waals surface area (Å²) in [5.74, 6) is -0.0672. The molecule has 1 aliphatic heterocycles. The number of carbonyl (C=O) groups is 1. The van der Waals surface area contributed by atoms with E-state index >= 15 is 0 Å². The van der Waals surface area contributed by atoms with Crippen molar-refractivity contribution in [2.75, 3.05) is 6.61 Å². The van der Waals surface area contributed by atoms with Gasteiger partial charge in [0, 0.05) is 13.0 Å².